The largest absolute Gasteiger partial charge is 0.310 e. The molecule has 6 heteroatoms. The Balaban J connectivity index is 1.10. The van der Waals surface area contributed by atoms with Gasteiger partial charge in [-0.3, -0.25) is 19.9 Å². The summed E-state index contributed by atoms with van der Waals surface area (Å²) in [5.74, 6) is 0. The van der Waals surface area contributed by atoms with Crippen molar-refractivity contribution in [3.63, 3.8) is 0 Å². The van der Waals surface area contributed by atoms with Gasteiger partial charge in [-0.2, -0.15) is 0 Å². The number of benzene rings is 9. The predicted octanol–water partition coefficient (Wildman–Crippen LogP) is 17.4. The highest BCUT2D eigenvalue weighted by Crippen LogP contribution is 2.55. The van der Waals surface area contributed by atoms with Crippen LogP contribution < -0.4 is 9.80 Å². The van der Waals surface area contributed by atoms with E-state index in [2.05, 4.69) is 224 Å². The van der Waals surface area contributed by atoms with Gasteiger partial charge in [0.2, 0.25) is 0 Å². The lowest BCUT2D eigenvalue weighted by molar-refractivity contribution is 1.22. The number of hydrogen-bond acceptors (Lipinski definition) is 6. The summed E-state index contributed by atoms with van der Waals surface area (Å²) in [4.78, 5) is 22.3. The lowest BCUT2D eigenvalue weighted by Gasteiger charge is -2.28. The van der Waals surface area contributed by atoms with E-state index in [1.807, 2.05) is 49.6 Å². The molecule has 15 rings (SSSR count). The number of fused-ring (bicyclic) bond motifs is 8. The van der Waals surface area contributed by atoms with Crippen LogP contribution in [0.4, 0.5) is 34.1 Å². The van der Waals surface area contributed by atoms with Crippen molar-refractivity contribution in [1.29, 1.82) is 0 Å². The average molecular weight is 917 g/mol. The molecule has 9 aromatic carbocycles. The summed E-state index contributed by atoms with van der Waals surface area (Å²) in [6.45, 7) is 0. The van der Waals surface area contributed by atoms with E-state index in [0.717, 1.165) is 55.7 Å². The van der Waals surface area contributed by atoms with Crippen molar-refractivity contribution in [3.8, 4) is 66.8 Å². The van der Waals surface area contributed by atoms with Crippen LogP contribution in [-0.2, 0) is 0 Å². The Hall–Kier alpha value is -9.78. The van der Waals surface area contributed by atoms with Crippen molar-refractivity contribution in [2.45, 2.75) is 0 Å². The summed E-state index contributed by atoms with van der Waals surface area (Å²) < 4.78 is 0. The van der Waals surface area contributed by atoms with Crippen molar-refractivity contribution in [2.75, 3.05) is 9.80 Å². The molecule has 72 heavy (non-hydrogen) atoms. The highest BCUT2D eigenvalue weighted by molar-refractivity contribution is 6.30. The van der Waals surface area contributed by atoms with Crippen molar-refractivity contribution in [2.24, 2.45) is 0 Å². The molecule has 4 aromatic heterocycles. The summed E-state index contributed by atoms with van der Waals surface area (Å²) >= 11 is 0. The zero-order valence-corrected chi connectivity index (χ0v) is 38.8. The third kappa shape index (κ3) is 5.96. The van der Waals surface area contributed by atoms with E-state index >= 15 is 0 Å². The van der Waals surface area contributed by atoms with Crippen LogP contribution in [0.15, 0.2) is 244 Å². The number of pyridine rings is 4. The van der Waals surface area contributed by atoms with Gasteiger partial charge < -0.3 is 9.80 Å². The quantitative estimate of drug-likeness (QED) is 0.142. The van der Waals surface area contributed by atoms with Crippen molar-refractivity contribution in [3.05, 3.63) is 244 Å². The van der Waals surface area contributed by atoms with Crippen LogP contribution in [-0.4, -0.2) is 19.9 Å². The van der Waals surface area contributed by atoms with E-state index in [1.165, 1.54) is 88.3 Å². The maximum Gasteiger partial charge on any atom is 0.0492 e. The molecule has 0 aliphatic heterocycles. The second-order valence-electron chi connectivity index (χ2n) is 18.6. The Morgan fingerprint density at radius 3 is 0.861 bits per heavy atom. The Labute approximate surface area is 415 Å². The molecule has 0 unspecified atom stereocenters. The van der Waals surface area contributed by atoms with E-state index in [0.29, 0.717) is 0 Å². The van der Waals surface area contributed by atoms with Crippen LogP contribution in [0.2, 0.25) is 0 Å². The van der Waals surface area contributed by atoms with E-state index in [-0.39, 0.29) is 0 Å². The minimum Gasteiger partial charge on any atom is -0.310 e. The Bertz CT molecular complexity index is 3910. The lowest BCUT2D eigenvalue weighted by atomic mass is 9.82. The molecule has 0 saturated carbocycles. The highest BCUT2D eigenvalue weighted by Gasteiger charge is 2.28. The van der Waals surface area contributed by atoms with Gasteiger partial charge in [0.15, 0.2) is 0 Å². The summed E-state index contributed by atoms with van der Waals surface area (Å²) in [5.41, 5.74) is 21.0. The van der Waals surface area contributed by atoms with Gasteiger partial charge in [-0.1, -0.05) is 121 Å². The summed E-state index contributed by atoms with van der Waals surface area (Å²) in [7, 11) is 0. The highest BCUT2D eigenvalue weighted by atomic mass is 15.2. The SMILES string of the molecule is c1ccc2c(c1)-c1cccc3c(-c4c5ccc(N(c6ccncc6)c6ccncc6)cc5c(-c5ccc6c7c(cccc57)-c5ccccc5-6)c5ccc(N(c6ccncc6)c6ccncc6)cc45)ccc-2c13. The van der Waals surface area contributed by atoms with Crippen LogP contribution in [0.25, 0.3) is 110 Å². The first-order valence-electron chi connectivity index (χ1n) is 24.3. The predicted molar refractivity (Wildman–Crippen MR) is 297 cm³/mol. The minimum atomic E-state index is 1.00. The summed E-state index contributed by atoms with van der Waals surface area (Å²) in [6.07, 6.45) is 14.9. The third-order valence-corrected chi connectivity index (χ3v) is 14.9. The van der Waals surface area contributed by atoms with Gasteiger partial charge in [0.1, 0.15) is 0 Å². The standard InChI is InChI=1S/C66H40N6/c1-3-9-49-47(7-1)51-11-5-13-53-57(21-19-55(49)63(51)53)65-59-17-15-46(72(43-27-35-69-36-28-43)44-29-37-70-38-30-44)40-62(59)66(58-22-20-56-50-10-4-2-8-48(50)52-12-6-14-54(58)64(52)56)60-18-16-45(39-61(60)65)71(41-23-31-67-32-24-41)42-25-33-68-34-26-42/h1-40H. The zero-order chi connectivity index (χ0) is 47.3. The Morgan fingerprint density at radius 1 is 0.208 bits per heavy atom. The van der Waals surface area contributed by atoms with Gasteiger partial charge >= 0.3 is 0 Å². The first kappa shape index (κ1) is 40.1. The van der Waals surface area contributed by atoms with Crippen molar-refractivity contribution < 1.29 is 0 Å². The fourth-order valence-electron chi connectivity index (χ4n) is 12.0. The number of aromatic nitrogens is 4. The maximum absolute atomic E-state index is 4.43. The molecule has 0 saturated heterocycles. The van der Waals surface area contributed by atoms with Crippen LogP contribution >= 0.6 is 0 Å². The molecule has 0 bridgehead atoms. The normalized spacial score (nSPS) is 11.9. The van der Waals surface area contributed by atoms with Crippen molar-refractivity contribution in [1.82, 2.24) is 19.9 Å². The molecule has 334 valence electrons. The topological polar surface area (TPSA) is 58.0 Å². The number of anilines is 6. The van der Waals surface area contributed by atoms with E-state index in [9.17, 15) is 0 Å². The molecule has 0 fully saturated rings. The van der Waals surface area contributed by atoms with Gasteiger partial charge in [-0.05, 0) is 183 Å². The maximum atomic E-state index is 4.43. The summed E-state index contributed by atoms with van der Waals surface area (Å²) in [6, 6.07) is 71.5. The molecule has 6 nitrogen and oxygen atoms in total. The molecular weight excluding hydrogens is 877 g/mol. The van der Waals surface area contributed by atoms with Crippen LogP contribution in [0.5, 0.6) is 0 Å². The molecular formula is C66H40N6. The van der Waals surface area contributed by atoms with Crippen molar-refractivity contribution >= 4 is 77.2 Å². The lowest BCUT2D eigenvalue weighted by Crippen LogP contribution is -2.10. The third-order valence-electron chi connectivity index (χ3n) is 14.9. The van der Waals surface area contributed by atoms with E-state index in [4.69, 9.17) is 0 Å². The summed E-state index contributed by atoms with van der Waals surface area (Å²) in [5, 5.41) is 9.65. The van der Waals surface area contributed by atoms with Crippen LogP contribution in [0.1, 0.15) is 0 Å². The molecule has 0 N–H and O–H groups in total. The number of hydrogen-bond donors (Lipinski definition) is 0. The first-order chi connectivity index (χ1) is 35.8. The van der Waals surface area contributed by atoms with E-state index in [1.54, 1.807) is 0 Å². The Morgan fingerprint density at radius 2 is 0.514 bits per heavy atom. The van der Waals surface area contributed by atoms with E-state index < -0.39 is 0 Å². The van der Waals surface area contributed by atoms with Gasteiger partial charge in [-0.15, -0.1) is 0 Å². The second kappa shape index (κ2) is 15.9. The zero-order valence-electron chi connectivity index (χ0n) is 38.8. The smallest absolute Gasteiger partial charge is 0.0492 e. The molecule has 0 spiro atoms. The average Bonchev–Trinajstić information content (AvgIpc) is 3.96. The van der Waals surface area contributed by atoms with Gasteiger partial charge in [0.25, 0.3) is 0 Å². The number of nitrogens with zero attached hydrogens (tertiary/aromatic N) is 6. The fourth-order valence-corrected chi connectivity index (χ4v) is 12.0. The monoisotopic (exact) mass is 916 g/mol. The fraction of sp³-hybridized carbons (Fsp3) is 0. The molecule has 0 amide bonds. The molecule has 0 atom stereocenters. The van der Waals surface area contributed by atoms with Gasteiger partial charge in [-0.25, -0.2) is 0 Å². The van der Waals surface area contributed by atoms with Crippen LogP contribution in [0, 0.1) is 0 Å². The molecule has 0 radical (unpaired) electrons. The molecule has 2 aliphatic rings. The molecule has 13 aromatic rings. The second-order valence-corrected chi connectivity index (χ2v) is 18.6. The van der Waals surface area contributed by atoms with Gasteiger partial charge in [0.05, 0.1) is 0 Å². The molecule has 4 heterocycles. The van der Waals surface area contributed by atoms with Gasteiger partial charge in [0, 0.05) is 83.7 Å². The Kier molecular flexibility index (Phi) is 8.86. The first-order valence-corrected chi connectivity index (χ1v) is 24.3. The van der Waals surface area contributed by atoms with Crippen LogP contribution in [0.3, 0.4) is 0 Å². The number of rotatable bonds is 8. The minimum absolute atomic E-state index is 1.00. The molecule has 2 aliphatic carbocycles.